The molecule has 0 aromatic heterocycles. The van der Waals surface area contributed by atoms with Gasteiger partial charge in [0.05, 0.1) is 18.3 Å². The summed E-state index contributed by atoms with van der Waals surface area (Å²) in [5, 5.41) is 9.90. The summed E-state index contributed by atoms with van der Waals surface area (Å²) in [6.07, 6.45) is 4.51. The number of aliphatic hydroxyl groups excluding tert-OH is 1. The second-order valence-corrected chi connectivity index (χ2v) is 5.01. The van der Waals surface area contributed by atoms with Crippen LogP contribution in [-0.2, 0) is 4.74 Å². The summed E-state index contributed by atoms with van der Waals surface area (Å²) in [7, 11) is 0. The van der Waals surface area contributed by atoms with Crippen LogP contribution in [0.3, 0.4) is 0 Å². The third kappa shape index (κ3) is 0.471. The Hall–Kier alpha value is -0.0800. The van der Waals surface area contributed by atoms with Gasteiger partial charge in [0, 0.05) is 0 Å². The first kappa shape index (κ1) is 6.39. The van der Waals surface area contributed by atoms with Crippen molar-refractivity contribution < 1.29 is 9.84 Å². The first-order chi connectivity index (χ1) is 5.86. The van der Waals surface area contributed by atoms with Crippen LogP contribution in [0.25, 0.3) is 0 Å². The number of aliphatic hydroxyl groups is 1. The molecule has 2 nitrogen and oxygen atoms in total. The Morgan fingerprint density at radius 3 is 2.92 bits per heavy atom. The second-order valence-electron chi connectivity index (χ2n) is 5.01. The Balaban J connectivity index is 1.87. The molecule has 1 heterocycles. The van der Waals surface area contributed by atoms with Crippen molar-refractivity contribution in [3.05, 3.63) is 0 Å². The molecule has 1 N–H and O–H groups in total. The zero-order valence-corrected chi connectivity index (χ0v) is 7.02. The van der Waals surface area contributed by atoms with Gasteiger partial charge >= 0.3 is 0 Å². The summed E-state index contributed by atoms with van der Waals surface area (Å²) >= 11 is 0. The fourth-order valence-electron chi connectivity index (χ4n) is 4.54. The predicted octanol–water partition coefficient (Wildman–Crippen LogP) is 0.791. The highest BCUT2D eigenvalue weighted by atomic mass is 16.5. The maximum atomic E-state index is 9.90. The van der Waals surface area contributed by atoms with Crippen LogP contribution in [0.2, 0.25) is 0 Å². The van der Waals surface area contributed by atoms with E-state index in [1.165, 1.54) is 19.3 Å². The van der Waals surface area contributed by atoms with Crippen molar-refractivity contribution in [2.24, 2.45) is 23.7 Å². The van der Waals surface area contributed by atoms with Gasteiger partial charge in [-0.15, -0.1) is 0 Å². The van der Waals surface area contributed by atoms with Gasteiger partial charge in [0.25, 0.3) is 0 Å². The molecule has 4 aliphatic rings. The number of fused-ring (bicyclic) bond motifs is 2. The fourth-order valence-corrected chi connectivity index (χ4v) is 4.54. The lowest BCUT2D eigenvalue weighted by Gasteiger charge is -2.28. The fraction of sp³-hybridized carbons (Fsp3) is 1.00. The third-order valence-electron chi connectivity index (χ3n) is 4.83. The first-order valence-electron chi connectivity index (χ1n) is 5.20. The molecule has 0 radical (unpaired) electrons. The van der Waals surface area contributed by atoms with Gasteiger partial charge < -0.3 is 9.84 Å². The van der Waals surface area contributed by atoms with Gasteiger partial charge in [-0.25, -0.2) is 0 Å². The van der Waals surface area contributed by atoms with Gasteiger partial charge in [-0.3, -0.25) is 0 Å². The standard InChI is InChI=1S/C10H14O2/c11-9-5-3-6-8-4(5)1-2-7(8)12-10(6)9/h4-11H,1-3H2/t4-,5-,6+,7-,8-,9-,10-/m0/s1. The van der Waals surface area contributed by atoms with Crippen LogP contribution in [0.15, 0.2) is 0 Å². The van der Waals surface area contributed by atoms with Crippen molar-refractivity contribution in [3.63, 3.8) is 0 Å². The van der Waals surface area contributed by atoms with Crippen LogP contribution in [0.4, 0.5) is 0 Å². The van der Waals surface area contributed by atoms with Crippen molar-refractivity contribution in [3.8, 4) is 0 Å². The van der Waals surface area contributed by atoms with E-state index in [-0.39, 0.29) is 12.2 Å². The smallest absolute Gasteiger partial charge is 0.0872 e. The highest BCUT2D eigenvalue weighted by Crippen LogP contribution is 2.64. The molecule has 12 heavy (non-hydrogen) atoms. The zero-order chi connectivity index (χ0) is 7.87. The van der Waals surface area contributed by atoms with E-state index in [1.54, 1.807) is 0 Å². The maximum absolute atomic E-state index is 9.90. The molecule has 0 spiro atoms. The van der Waals surface area contributed by atoms with E-state index in [0.29, 0.717) is 12.0 Å². The number of ether oxygens (including phenoxy) is 1. The molecule has 0 aromatic carbocycles. The largest absolute Gasteiger partial charge is 0.390 e. The molecule has 1 saturated heterocycles. The summed E-state index contributed by atoms with van der Waals surface area (Å²) in [6.45, 7) is 0. The Morgan fingerprint density at radius 2 is 2.00 bits per heavy atom. The average molecular weight is 166 g/mol. The van der Waals surface area contributed by atoms with E-state index in [2.05, 4.69) is 0 Å². The minimum absolute atomic E-state index is 0.110. The summed E-state index contributed by atoms with van der Waals surface area (Å²) < 4.78 is 5.89. The van der Waals surface area contributed by atoms with Crippen molar-refractivity contribution >= 4 is 0 Å². The van der Waals surface area contributed by atoms with Gasteiger partial charge in [-0.05, 0) is 42.9 Å². The van der Waals surface area contributed by atoms with E-state index in [9.17, 15) is 5.11 Å². The maximum Gasteiger partial charge on any atom is 0.0872 e. The molecule has 66 valence electrons. The van der Waals surface area contributed by atoms with Gasteiger partial charge in [0.2, 0.25) is 0 Å². The summed E-state index contributed by atoms with van der Waals surface area (Å²) in [6, 6.07) is 0. The number of hydrogen-bond donors (Lipinski definition) is 1. The molecule has 0 unspecified atom stereocenters. The zero-order valence-electron chi connectivity index (χ0n) is 7.02. The minimum Gasteiger partial charge on any atom is -0.390 e. The quantitative estimate of drug-likeness (QED) is 0.576. The highest BCUT2D eigenvalue weighted by Gasteiger charge is 2.67. The Bertz CT molecular complexity index is 238. The van der Waals surface area contributed by atoms with E-state index in [4.69, 9.17) is 4.74 Å². The lowest BCUT2D eigenvalue weighted by molar-refractivity contribution is -0.0478. The molecule has 1 aliphatic heterocycles. The molecular formula is C10H14O2. The van der Waals surface area contributed by atoms with Crippen molar-refractivity contribution in [2.45, 2.75) is 37.6 Å². The Labute approximate surface area is 71.9 Å². The van der Waals surface area contributed by atoms with Crippen LogP contribution >= 0.6 is 0 Å². The molecule has 3 saturated carbocycles. The summed E-state index contributed by atoms with van der Waals surface area (Å²) in [5.74, 6) is 3.03. The van der Waals surface area contributed by atoms with E-state index in [1.807, 2.05) is 0 Å². The third-order valence-corrected chi connectivity index (χ3v) is 4.83. The van der Waals surface area contributed by atoms with Gasteiger partial charge in [-0.2, -0.15) is 0 Å². The molecule has 0 amide bonds. The van der Waals surface area contributed by atoms with E-state index >= 15 is 0 Å². The highest BCUT2D eigenvalue weighted by molar-refractivity contribution is 5.15. The normalized spacial score (nSPS) is 71.2. The molecular weight excluding hydrogens is 152 g/mol. The topological polar surface area (TPSA) is 29.5 Å². The Morgan fingerprint density at radius 1 is 1.08 bits per heavy atom. The Kier molecular flexibility index (Phi) is 0.921. The molecule has 2 heteroatoms. The van der Waals surface area contributed by atoms with Gasteiger partial charge in [-0.1, -0.05) is 0 Å². The van der Waals surface area contributed by atoms with Crippen LogP contribution in [0.5, 0.6) is 0 Å². The van der Waals surface area contributed by atoms with Crippen molar-refractivity contribution in [1.29, 1.82) is 0 Å². The first-order valence-corrected chi connectivity index (χ1v) is 5.20. The predicted molar refractivity (Wildman–Crippen MR) is 42.5 cm³/mol. The molecule has 4 fully saturated rings. The van der Waals surface area contributed by atoms with Crippen molar-refractivity contribution in [1.82, 2.24) is 0 Å². The van der Waals surface area contributed by atoms with E-state index < -0.39 is 0 Å². The minimum atomic E-state index is -0.110. The van der Waals surface area contributed by atoms with Gasteiger partial charge in [0.15, 0.2) is 0 Å². The second kappa shape index (κ2) is 1.73. The molecule has 3 aliphatic carbocycles. The van der Waals surface area contributed by atoms with Crippen LogP contribution in [-0.4, -0.2) is 23.4 Å². The van der Waals surface area contributed by atoms with Crippen molar-refractivity contribution in [2.75, 3.05) is 0 Å². The SMILES string of the molecule is O[C@H]1[C@H]2C[C@H]3[C@@H]1O[C@H]1CC[C@@H]2[C@@H]31. The van der Waals surface area contributed by atoms with Crippen LogP contribution in [0.1, 0.15) is 19.3 Å². The summed E-state index contributed by atoms with van der Waals surface area (Å²) in [5.41, 5.74) is 0. The van der Waals surface area contributed by atoms with Gasteiger partial charge in [0.1, 0.15) is 0 Å². The molecule has 0 aromatic rings. The van der Waals surface area contributed by atoms with Crippen LogP contribution < -0.4 is 0 Å². The monoisotopic (exact) mass is 166 g/mol. The molecule has 4 rings (SSSR count). The molecule has 7 atom stereocenters. The lowest BCUT2D eigenvalue weighted by Crippen LogP contribution is -2.36. The average Bonchev–Trinajstić information content (AvgIpc) is 2.68. The number of rotatable bonds is 0. The molecule has 2 bridgehead atoms. The summed E-state index contributed by atoms with van der Waals surface area (Å²) in [4.78, 5) is 0. The number of hydrogen-bond acceptors (Lipinski definition) is 2. The lowest BCUT2D eigenvalue weighted by atomic mass is 9.80. The van der Waals surface area contributed by atoms with E-state index in [0.717, 1.165) is 17.8 Å². The van der Waals surface area contributed by atoms with Crippen LogP contribution in [0, 0.1) is 23.7 Å².